The fourth-order valence-electron chi connectivity index (χ4n) is 0.774. The van der Waals surface area contributed by atoms with E-state index in [0.29, 0.717) is 5.76 Å². The zero-order valence-corrected chi connectivity index (χ0v) is 7.72. The highest BCUT2D eigenvalue weighted by molar-refractivity contribution is 5.22. The Kier molecular flexibility index (Phi) is 5.63. The van der Waals surface area contributed by atoms with Crippen LogP contribution in [0.2, 0.25) is 0 Å². The topological polar surface area (TPSA) is 20.2 Å². The van der Waals surface area contributed by atoms with Crippen molar-refractivity contribution in [3.8, 4) is 0 Å². The normalized spacial score (nSPS) is 15.9. The Bertz CT molecular complexity index is 154. The summed E-state index contributed by atoms with van der Waals surface area (Å²) in [5, 5.41) is 9.01. The second-order valence-electron chi connectivity index (χ2n) is 2.78. The largest absolute Gasteiger partial charge is 0.512 e. The maximum absolute atomic E-state index is 9.01. The van der Waals surface area contributed by atoms with Gasteiger partial charge in [-0.2, -0.15) is 0 Å². The van der Waals surface area contributed by atoms with Gasteiger partial charge >= 0.3 is 0 Å². The summed E-state index contributed by atoms with van der Waals surface area (Å²) in [6.07, 6.45) is 7.10. The smallest absolute Gasteiger partial charge is 0.0954 e. The molecular weight excluding hydrogens is 136 g/mol. The van der Waals surface area contributed by atoms with Crippen LogP contribution in [0.25, 0.3) is 0 Å². The van der Waals surface area contributed by atoms with Gasteiger partial charge in [-0.1, -0.05) is 32.4 Å². The van der Waals surface area contributed by atoms with Crippen molar-refractivity contribution >= 4 is 0 Å². The standard InChI is InChI=1S/C7H10O.C3H8/c1-6-4-2-3-5-7(6)8;1-3-2/h2,4,8H,3,5H2,1H3;3H2,1-2H3. The van der Waals surface area contributed by atoms with Crippen LogP contribution in [0.1, 0.15) is 40.0 Å². The number of rotatable bonds is 0. The lowest BCUT2D eigenvalue weighted by Crippen LogP contribution is -1.89. The quantitative estimate of drug-likeness (QED) is 0.565. The summed E-state index contributed by atoms with van der Waals surface area (Å²) in [4.78, 5) is 0. The molecule has 64 valence electrons. The van der Waals surface area contributed by atoms with Crippen molar-refractivity contribution in [2.24, 2.45) is 0 Å². The van der Waals surface area contributed by atoms with Crippen molar-refractivity contribution in [1.82, 2.24) is 0 Å². The summed E-state index contributed by atoms with van der Waals surface area (Å²) in [6.45, 7) is 6.17. The Morgan fingerprint density at radius 3 is 2.27 bits per heavy atom. The highest BCUT2D eigenvalue weighted by Crippen LogP contribution is 2.14. The van der Waals surface area contributed by atoms with Crippen LogP contribution in [0.5, 0.6) is 0 Å². The van der Waals surface area contributed by atoms with E-state index in [1.54, 1.807) is 0 Å². The molecule has 0 amide bonds. The summed E-state index contributed by atoms with van der Waals surface area (Å²) in [6, 6.07) is 0. The zero-order chi connectivity index (χ0) is 8.69. The van der Waals surface area contributed by atoms with E-state index < -0.39 is 0 Å². The predicted molar refractivity (Wildman–Crippen MR) is 49.7 cm³/mol. The van der Waals surface area contributed by atoms with Crippen LogP contribution in [-0.4, -0.2) is 5.11 Å². The molecule has 1 N–H and O–H groups in total. The molecule has 0 atom stereocenters. The molecule has 0 bridgehead atoms. The lowest BCUT2D eigenvalue weighted by atomic mass is 10.1. The summed E-state index contributed by atoms with van der Waals surface area (Å²) < 4.78 is 0. The van der Waals surface area contributed by atoms with E-state index in [1.165, 1.54) is 6.42 Å². The summed E-state index contributed by atoms with van der Waals surface area (Å²) in [5.41, 5.74) is 1.01. The lowest BCUT2D eigenvalue weighted by Gasteiger charge is -2.04. The molecule has 0 radical (unpaired) electrons. The van der Waals surface area contributed by atoms with Gasteiger partial charge in [-0.15, -0.1) is 0 Å². The van der Waals surface area contributed by atoms with E-state index in [2.05, 4.69) is 19.9 Å². The van der Waals surface area contributed by atoms with Gasteiger partial charge in [0.1, 0.15) is 0 Å². The highest BCUT2D eigenvalue weighted by atomic mass is 16.3. The molecule has 0 aliphatic heterocycles. The van der Waals surface area contributed by atoms with Crippen LogP contribution in [0.15, 0.2) is 23.5 Å². The Hall–Kier alpha value is -0.720. The Morgan fingerprint density at radius 1 is 1.45 bits per heavy atom. The van der Waals surface area contributed by atoms with Gasteiger partial charge in [-0.3, -0.25) is 0 Å². The van der Waals surface area contributed by atoms with Crippen LogP contribution < -0.4 is 0 Å². The van der Waals surface area contributed by atoms with Crippen molar-refractivity contribution in [2.75, 3.05) is 0 Å². The van der Waals surface area contributed by atoms with E-state index in [1.807, 2.05) is 13.0 Å². The van der Waals surface area contributed by atoms with E-state index in [-0.39, 0.29) is 0 Å². The van der Waals surface area contributed by atoms with Gasteiger partial charge in [0.05, 0.1) is 5.76 Å². The molecule has 0 saturated carbocycles. The Balaban J connectivity index is 0.000000292. The van der Waals surface area contributed by atoms with Gasteiger partial charge in [-0.25, -0.2) is 0 Å². The molecular formula is C10H18O. The van der Waals surface area contributed by atoms with Crippen LogP contribution in [0.4, 0.5) is 0 Å². The maximum atomic E-state index is 9.01. The number of allylic oxidation sites excluding steroid dienone is 4. The lowest BCUT2D eigenvalue weighted by molar-refractivity contribution is 0.382. The second-order valence-corrected chi connectivity index (χ2v) is 2.78. The first kappa shape index (κ1) is 10.3. The molecule has 1 aliphatic carbocycles. The molecule has 0 fully saturated rings. The molecule has 1 nitrogen and oxygen atoms in total. The van der Waals surface area contributed by atoms with E-state index in [4.69, 9.17) is 5.11 Å². The van der Waals surface area contributed by atoms with E-state index >= 15 is 0 Å². The first-order valence-corrected chi connectivity index (χ1v) is 4.27. The molecule has 0 saturated heterocycles. The van der Waals surface area contributed by atoms with Crippen molar-refractivity contribution in [1.29, 1.82) is 0 Å². The minimum atomic E-state index is 0.549. The third-order valence-electron chi connectivity index (χ3n) is 1.37. The maximum Gasteiger partial charge on any atom is 0.0954 e. The van der Waals surface area contributed by atoms with Crippen LogP contribution >= 0.6 is 0 Å². The molecule has 0 aromatic carbocycles. The molecule has 0 aromatic heterocycles. The number of hydrogen-bond acceptors (Lipinski definition) is 1. The molecule has 0 aromatic rings. The van der Waals surface area contributed by atoms with Crippen LogP contribution in [0.3, 0.4) is 0 Å². The number of aliphatic hydroxyl groups is 1. The van der Waals surface area contributed by atoms with Gasteiger partial charge in [0.15, 0.2) is 0 Å². The minimum absolute atomic E-state index is 0.549. The molecule has 0 spiro atoms. The Morgan fingerprint density at radius 2 is 2.00 bits per heavy atom. The third kappa shape index (κ3) is 4.65. The fraction of sp³-hybridized carbons (Fsp3) is 0.600. The summed E-state index contributed by atoms with van der Waals surface area (Å²) in [5.74, 6) is 0.549. The zero-order valence-electron chi connectivity index (χ0n) is 7.72. The Labute approximate surface area is 69.4 Å². The monoisotopic (exact) mass is 154 g/mol. The fourth-order valence-corrected chi connectivity index (χ4v) is 0.774. The van der Waals surface area contributed by atoms with Crippen LogP contribution in [-0.2, 0) is 0 Å². The van der Waals surface area contributed by atoms with E-state index in [0.717, 1.165) is 18.4 Å². The van der Waals surface area contributed by atoms with Crippen LogP contribution in [0, 0.1) is 0 Å². The molecule has 1 rings (SSSR count). The first-order valence-electron chi connectivity index (χ1n) is 4.27. The van der Waals surface area contributed by atoms with Crippen molar-refractivity contribution in [3.05, 3.63) is 23.5 Å². The summed E-state index contributed by atoms with van der Waals surface area (Å²) in [7, 11) is 0. The van der Waals surface area contributed by atoms with Gasteiger partial charge in [0.2, 0.25) is 0 Å². The molecule has 1 aliphatic rings. The van der Waals surface area contributed by atoms with Gasteiger partial charge < -0.3 is 5.11 Å². The molecule has 1 heteroatoms. The van der Waals surface area contributed by atoms with E-state index in [9.17, 15) is 0 Å². The van der Waals surface area contributed by atoms with Gasteiger partial charge in [0.25, 0.3) is 0 Å². The van der Waals surface area contributed by atoms with Crippen molar-refractivity contribution in [2.45, 2.75) is 40.0 Å². The van der Waals surface area contributed by atoms with Gasteiger partial charge in [-0.05, 0) is 18.9 Å². The first-order chi connectivity index (χ1) is 5.22. The van der Waals surface area contributed by atoms with Crippen molar-refractivity contribution < 1.29 is 5.11 Å². The second kappa shape index (κ2) is 6.02. The molecule has 0 unspecified atom stereocenters. The number of hydrogen-bond donors (Lipinski definition) is 1. The van der Waals surface area contributed by atoms with Crippen molar-refractivity contribution in [3.63, 3.8) is 0 Å². The SMILES string of the molecule is CC1=C(O)CCC=C1.CCC. The molecule has 0 heterocycles. The minimum Gasteiger partial charge on any atom is -0.512 e. The number of aliphatic hydroxyl groups excluding tert-OH is 1. The highest BCUT2D eigenvalue weighted by Gasteiger charge is 1.99. The summed E-state index contributed by atoms with van der Waals surface area (Å²) >= 11 is 0. The van der Waals surface area contributed by atoms with Gasteiger partial charge in [0, 0.05) is 6.42 Å². The third-order valence-corrected chi connectivity index (χ3v) is 1.37. The molecule has 11 heavy (non-hydrogen) atoms. The average molecular weight is 154 g/mol. The average Bonchev–Trinajstić information content (AvgIpc) is 1.97. The predicted octanol–water partition coefficient (Wildman–Crippen LogP) is 3.58.